The zero-order valence-corrected chi connectivity index (χ0v) is 14.1. The molecule has 4 heterocycles. The van der Waals surface area contributed by atoms with Gasteiger partial charge in [-0.25, -0.2) is 14.6 Å². The van der Waals surface area contributed by atoms with Gasteiger partial charge in [-0.15, -0.1) is 10.2 Å². The molecule has 0 radical (unpaired) electrons. The van der Waals surface area contributed by atoms with Gasteiger partial charge in [0.25, 0.3) is 0 Å². The SMILES string of the molecule is O=C(Nc1ccccn1)C1CCCN(c2ccc(-n3cncn3)nn2)C1. The smallest absolute Gasteiger partial charge is 0.230 e. The molecule has 9 heteroatoms. The zero-order valence-electron chi connectivity index (χ0n) is 14.1. The van der Waals surface area contributed by atoms with Crippen molar-refractivity contribution in [1.82, 2.24) is 29.9 Å². The fourth-order valence-electron chi connectivity index (χ4n) is 3.00. The Morgan fingerprint density at radius 3 is 2.77 bits per heavy atom. The van der Waals surface area contributed by atoms with Gasteiger partial charge in [-0.1, -0.05) is 6.07 Å². The molecular weight excluding hydrogens is 332 g/mol. The first-order valence-electron chi connectivity index (χ1n) is 8.45. The van der Waals surface area contributed by atoms with E-state index in [-0.39, 0.29) is 11.8 Å². The number of nitrogens with zero attached hydrogens (tertiary/aromatic N) is 7. The van der Waals surface area contributed by atoms with Gasteiger partial charge in [0, 0.05) is 19.3 Å². The summed E-state index contributed by atoms with van der Waals surface area (Å²) in [6.45, 7) is 1.46. The van der Waals surface area contributed by atoms with Crippen LogP contribution in [0.1, 0.15) is 12.8 Å². The maximum atomic E-state index is 12.5. The molecule has 0 bridgehead atoms. The minimum atomic E-state index is -0.109. The number of rotatable bonds is 4. The van der Waals surface area contributed by atoms with Crippen molar-refractivity contribution in [3.8, 4) is 5.82 Å². The average molecular weight is 350 g/mol. The summed E-state index contributed by atoms with van der Waals surface area (Å²) >= 11 is 0. The van der Waals surface area contributed by atoms with E-state index in [1.165, 1.54) is 6.33 Å². The molecule has 3 aromatic heterocycles. The van der Waals surface area contributed by atoms with Gasteiger partial charge in [0.15, 0.2) is 11.6 Å². The molecule has 1 fully saturated rings. The summed E-state index contributed by atoms with van der Waals surface area (Å²) in [4.78, 5) is 22.7. The number of hydrogen-bond donors (Lipinski definition) is 1. The maximum absolute atomic E-state index is 12.5. The standard InChI is InChI=1S/C17H18N8O/c26-17(21-14-5-1-2-8-19-14)13-4-3-9-24(10-13)15-6-7-16(23-22-15)25-12-18-11-20-25/h1-2,5-8,11-13H,3-4,9-10H2,(H,19,21,26). The topological polar surface area (TPSA) is 102 Å². The Morgan fingerprint density at radius 1 is 1.15 bits per heavy atom. The molecule has 1 saturated heterocycles. The number of aromatic nitrogens is 6. The Morgan fingerprint density at radius 2 is 2.04 bits per heavy atom. The van der Waals surface area contributed by atoms with Gasteiger partial charge in [0.05, 0.1) is 5.92 Å². The van der Waals surface area contributed by atoms with Crippen LogP contribution >= 0.6 is 0 Å². The van der Waals surface area contributed by atoms with E-state index in [1.54, 1.807) is 23.3 Å². The number of hydrogen-bond acceptors (Lipinski definition) is 7. The molecule has 1 atom stereocenters. The third-order valence-electron chi connectivity index (χ3n) is 4.32. The second-order valence-electron chi connectivity index (χ2n) is 6.08. The van der Waals surface area contributed by atoms with Gasteiger partial charge in [0.1, 0.15) is 18.5 Å². The molecule has 0 aliphatic carbocycles. The van der Waals surface area contributed by atoms with Crippen LogP contribution in [0, 0.1) is 5.92 Å². The fraction of sp³-hybridized carbons (Fsp3) is 0.294. The minimum absolute atomic E-state index is 0.0133. The van der Waals surface area contributed by atoms with Crippen molar-refractivity contribution in [2.75, 3.05) is 23.3 Å². The van der Waals surface area contributed by atoms with Crippen LogP contribution in [-0.4, -0.2) is 48.9 Å². The lowest BCUT2D eigenvalue weighted by atomic mass is 9.97. The van der Waals surface area contributed by atoms with E-state index >= 15 is 0 Å². The Labute approximate surface area is 150 Å². The second kappa shape index (κ2) is 7.26. The first-order valence-corrected chi connectivity index (χ1v) is 8.45. The van der Waals surface area contributed by atoms with Crippen molar-refractivity contribution in [1.29, 1.82) is 0 Å². The lowest BCUT2D eigenvalue weighted by Crippen LogP contribution is -2.41. The van der Waals surface area contributed by atoms with Crippen LogP contribution in [0.2, 0.25) is 0 Å². The van der Waals surface area contributed by atoms with Crippen molar-refractivity contribution < 1.29 is 4.79 Å². The lowest BCUT2D eigenvalue weighted by molar-refractivity contribution is -0.120. The third-order valence-corrected chi connectivity index (χ3v) is 4.32. The van der Waals surface area contributed by atoms with Crippen LogP contribution in [0.15, 0.2) is 49.2 Å². The van der Waals surface area contributed by atoms with E-state index in [0.29, 0.717) is 18.2 Å². The van der Waals surface area contributed by atoms with E-state index in [4.69, 9.17) is 0 Å². The van der Waals surface area contributed by atoms with E-state index in [0.717, 1.165) is 25.2 Å². The van der Waals surface area contributed by atoms with Gasteiger partial charge >= 0.3 is 0 Å². The molecule has 26 heavy (non-hydrogen) atoms. The van der Waals surface area contributed by atoms with Gasteiger partial charge in [-0.2, -0.15) is 5.10 Å². The van der Waals surface area contributed by atoms with Crippen LogP contribution in [0.3, 0.4) is 0 Å². The molecular formula is C17H18N8O. The van der Waals surface area contributed by atoms with Crippen molar-refractivity contribution >= 4 is 17.5 Å². The summed E-state index contributed by atoms with van der Waals surface area (Å²) in [5.74, 6) is 1.81. The van der Waals surface area contributed by atoms with E-state index in [9.17, 15) is 4.79 Å². The average Bonchev–Trinajstić information content (AvgIpc) is 3.24. The highest BCUT2D eigenvalue weighted by Gasteiger charge is 2.27. The van der Waals surface area contributed by atoms with Crippen LogP contribution in [0.5, 0.6) is 0 Å². The molecule has 1 N–H and O–H groups in total. The first kappa shape index (κ1) is 16.1. The number of carbonyl (C=O) groups is 1. The third kappa shape index (κ3) is 3.51. The van der Waals surface area contributed by atoms with E-state index < -0.39 is 0 Å². The summed E-state index contributed by atoms with van der Waals surface area (Å²) in [5, 5.41) is 15.4. The Hall–Kier alpha value is -3.36. The zero-order chi connectivity index (χ0) is 17.8. The van der Waals surface area contributed by atoms with E-state index in [1.807, 2.05) is 24.3 Å². The highest BCUT2D eigenvalue weighted by molar-refractivity contribution is 5.92. The number of pyridine rings is 1. The van der Waals surface area contributed by atoms with Crippen molar-refractivity contribution in [2.45, 2.75) is 12.8 Å². The van der Waals surface area contributed by atoms with Gasteiger partial charge in [-0.3, -0.25) is 4.79 Å². The molecule has 0 aromatic carbocycles. The van der Waals surface area contributed by atoms with Crippen molar-refractivity contribution in [3.05, 3.63) is 49.2 Å². The predicted octanol–water partition coefficient (Wildman–Crippen LogP) is 1.31. The largest absolute Gasteiger partial charge is 0.354 e. The molecule has 3 aromatic rings. The number of amides is 1. The molecule has 0 saturated carbocycles. The van der Waals surface area contributed by atoms with Crippen molar-refractivity contribution in [2.24, 2.45) is 5.92 Å². The minimum Gasteiger partial charge on any atom is -0.354 e. The maximum Gasteiger partial charge on any atom is 0.230 e. The molecule has 9 nitrogen and oxygen atoms in total. The molecule has 1 amide bonds. The monoisotopic (exact) mass is 350 g/mol. The highest BCUT2D eigenvalue weighted by atomic mass is 16.2. The molecule has 0 spiro atoms. The van der Waals surface area contributed by atoms with Gasteiger partial charge in [-0.05, 0) is 37.1 Å². The summed E-state index contributed by atoms with van der Waals surface area (Å²) in [6.07, 6.45) is 6.45. The van der Waals surface area contributed by atoms with Crippen LogP contribution < -0.4 is 10.2 Å². The quantitative estimate of drug-likeness (QED) is 0.757. The number of carbonyl (C=O) groups excluding carboxylic acids is 1. The summed E-state index contributed by atoms with van der Waals surface area (Å²) in [6, 6.07) is 9.19. The fourth-order valence-corrected chi connectivity index (χ4v) is 3.00. The van der Waals surface area contributed by atoms with Crippen LogP contribution in [0.25, 0.3) is 5.82 Å². The first-order chi connectivity index (χ1) is 12.8. The molecule has 1 aliphatic heterocycles. The van der Waals surface area contributed by atoms with Gasteiger partial charge in [0.2, 0.25) is 5.91 Å². The second-order valence-corrected chi connectivity index (χ2v) is 6.08. The number of nitrogens with one attached hydrogen (secondary N) is 1. The molecule has 1 aliphatic rings. The number of piperidine rings is 1. The number of anilines is 2. The van der Waals surface area contributed by atoms with Crippen molar-refractivity contribution in [3.63, 3.8) is 0 Å². The van der Waals surface area contributed by atoms with E-state index in [2.05, 4.69) is 35.5 Å². The highest BCUT2D eigenvalue weighted by Crippen LogP contribution is 2.22. The summed E-state index contributed by atoms with van der Waals surface area (Å²) < 4.78 is 1.55. The summed E-state index contributed by atoms with van der Waals surface area (Å²) in [5.41, 5.74) is 0. The Bertz CT molecular complexity index is 850. The molecule has 4 rings (SSSR count). The van der Waals surface area contributed by atoms with Crippen LogP contribution in [-0.2, 0) is 4.79 Å². The molecule has 1 unspecified atom stereocenters. The van der Waals surface area contributed by atoms with Gasteiger partial charge < -0.3 is 10.2 Å². The summed E-state index contributed by atoms with van der Waals surface area (Å²) in [7, 11) is 0. The molecule has 132 valence electrons. The predicted molar refractivity (Wildman–Crippen MR) is 94.8 cm³/mol. The normalized spacial score (nSPS) is 17.1. The Balaban J connectivity index is 1.42. The Kier molecular flexibility index (Phi) is 4.50. The van der Waals surface area contributed by atoms with Crippen LogP contribution in [0.4, 0.5) is 11.6 Å². The lowest BCUT2D eigenvalue weighted by Gasteiger charge is -2.32.